The maximum atomic E-state index is 11.2. The van der Waals surface area contributed by atoms with Gasteiger partial charge in [0.1, 0.15) is 0 Å². The van der Waals surface area contributed by atoms with Gasteiger partial charge in [-0.3, -0.25) is 10.2 Å². The van der Waals surface area contributed by atoms with Crippen molar-refractivity contribution in [2.75, 3.05) is 6.61 Å². The molecule has 2 aromatic heterocycles. The van der Waals surface area contributed by atoms with E-state index in [1.54, 1.807) is 19.1 Å². The molecule has 0 bridgehead atoms. The largest absolute Gasteiger partial charge is 0.476 e. The van der Waals surface area contributed by atoms with Gasteiger partial charge in [0, 0.05) is 11.4 Å². The van der Waals surface area contributed by atoms with Gasteiger partial charge in [-0.1, -0.05) is 26.7 Å². The van der Waals surface area contributed by atoms with Gasteiger partial charge in [-0.15, -0.1) is 0 Å². The van der Waals surface area contributed by atoms with E-state index in [1.165, 1.54) is 0 Å². The first-order valence-electron chi connectivity index (χ1n) is 9.00. The van der Waals surface area contributed by atoms with Crippen molar-refractivity contribution in [3.63, 3.8) is 0 Å². The van der Waals surface area contributed by atoms with E-state index in [0.29, 0.717) is 12.3 Å². The van der Waals surface area contributed by atoms with Crippen LogP contribution in [-0.4, -0.2) is 44.0 Å². The number of nitrogens with one attached hydrogen (secondary N) is 2. The number of unbranched alkanes of at least 4 members (excludes halogenated alkanes) is 2. The second kappa shape index (κ2) is 11.8. The van der Waals surface area contributed by atoms with Crippen LogP contribution in [0.3, 0.4) is 0 Å². The van der Waals surface area contributed by atoms with Crippen molar-refractivity contribution in [2.45, 2.75) is 59.3 Å². The number of nitrogens with zero attached hydrogens (tertiary/aromatic N) is 2. The number of carboxylic acid groups (broad SMARTS) is 1. The summed E-state index contributed by atoms with van der Waals surface area (Å²) in [5, 5.41) is 21.6. The smallest absolute Gasteiger partial charge is 0.358 e. The Balaban J connectivity index is 0.000000263. The zero-order valence-corrected chi connectivity index (χ0v) is 15.7. The lowest BCUT2D eigenvalue weighted by Crippen LogP contribution is -2.04. The summed E-state index contributed by atoms with van der Waals surface area (Å²) in [4.78, 5) is 21.6. The number of H-pyrrole nitrogens is 2. The summed E-state index contributed by atoms with van der Waals surface area (Å²) in [7, 11) is 0. The van der Waals surface area contributed by atoms with Gasteiger partial charge in [-0.2, -0.15) is 10.2 Å². The molecule has 0 unspecified atom stereocenters. The number of rotatable bonds is 9. The predicted molar refractivity (Wildman–Crippen MR) is 97.3 cm³/mol. The fourth-order valence-corrected chi connectivity index (χ4v) is 2.13. The van der Waals surface area contributed by atoms with Crippen LogP contribution in [0.2, 0.25) is 0 Å². The summed E-state index contributed by atoms with van der Waals surface area (Å²) >= 11 is 0. The normalized spacial score (nSPS) is 10.1. The first kappa shape index (κ1) is 21.4. The highest BCUT2D eigenvalue weighted by Crippen LogP contribution is 2.05. The second-order valence-electron chi connectivity index (χ2n) is 5.79. The Kier molecular flexibility index (Phi) is 9.74. The number of carboxylic acids is 1. The van der Waals surface area contributed by atoms with Crippen molar-refractivity contribution in [3.05, 3.63) is 34.9 Å². The van der Waals surface area contributed by atoms with Crippen LogP contribution in [0.1, 0.15) is 78.8 Å². The van der Waals surface area contributed by atoms with E-state index in [9.17, 15) is 9.59 Å². The standard InChI is InChI=1S/C10H16N2O2.C8H12N2O2/c1-3-5-6-8-7-9(12-11-8)10(13)14-4-2;1-2-3-4-6-5-7(8(11)12)10-9-6/h7H,3-6H2,1-2H3,(H,11,12);5H,2-4H2,1H3,(H,9,10)(H,11,12). The Hall–Kier alpha value is -2.64. The van der Waals surface area contributed by atoms with Crippen molar-refractivity contribution in [3.8, 4) is 0 Å². The zero-order valence-electron chi connectivity index (χ0n) is 15.7. The van der Waals surface area contributed by atoms with Gasteiger partial charge in [-0.05, 0) is 44.7 Å². The minimum atomic E-state index is -0.978. The molecule has 0 aliphatic carbocycles. The molecule has 0 radical (unpaired) electrons. The van der Waals surface area contributed by atoms with Crippen LogP contribution in [-0.2, 0) is 17.6 Å². The average Bonchev–Trinajstić information content (AvgIpc) is 3.28. The molecule has 0 aliphatic rings. The van der Waals surface area contributed by atoms with Gasteiger partial charge in [0.25, 0.3) is 0 Å². The van der Waals surface area contributed by atoms with Gasteiger partial charge < -0.3 is 9.84 Å². The number of aromatic amines is 2. The molecule has 0 atom stereocenters. The molecule has 144 valence electrons. The molecule has 0 amide bonds. The van der Waals surface area contributed by atoms with Crippen LogP contribution in [0, 0.1) is 0 Å². The van der Waals surface area contributed by atoms with Crippen molar-refractivity contribution in [1.29, 1.82) is 0 Å². The molecule has 0 fully saturated rings. The Morgan fingerprint density at radius 2 is 1.46 bits per heavy atom. The third kappa shape index (κ3) is 7.50. The SMILES string of the molecule is CCCCc1cc(C(=O)O)n[nH]1.CCCCc1cc(C(=O)OCC)n[nH]1. The van der Waals surface area contributed by atoms with E-state index in [1.807, 2.05) is 0 Å². The minimum absolute atomic E-state index is 0.0982. The van der Waals surface area contributed by atoms with E-state index < -0.39 is 5.97 Å². The fourth-order valence-electron chi connectivity index (χ4n) is 2.13. The highest BCUT2D eigenvalue weighted by molar-refractivity contribution is 5.87. The van der Waals surface area contributed by atoms with Crippen LogP contribution in [0.5, 0.6) is 0 Å². The summed E-state index contributed by atoms with van der Waals surface area (Å²) < 4.78 is 4.82. The summed E-state index contributed by atoms with van der Waals surface area (Å²) in [5.74, 6) is -1.33. The molecule has 0 saturated carbocycles. The third-order valence-corrected chi connectivity index (χ3v) is 3.56. The minimum Gasteiger partial charge on any atom is -0.476 e. The summed E-state index contributed by atoms with van der Waals surface area (Å²) in [6.45, 7) is 6.38. The van der Waals surface area contributed by atoms with E-state index in [0.717, 1.165) is 49.9 Å². The van der Waals surface area contributed by atoms with Gasteiger partial charge >= 0.3 is 11.9 Å². The van der Waals surface area contributed by atoms with Crippen LogP contribution in [0.15, 0.2) is 12.1 Å². The number of esters is 1. The Morgan fingerprint density at radius 1 is 0.962 bits per heavy atom. The lowest BCUT2D eigenvalue weighted by Gasteiger charge is -1.95. The van der Waals surface area contributed by atoms with Gasteiger partial charge in [0.15, 0.2) is 11.4 Å². The number of aromatic carboxylic acids is 1. The molecule has 2 aromatic rings. The monoisotopic (exact) mass is 364 g/mol. The Bertz CT molecular complexity index is 678. The first-order valence-corrected chi connectivity index (χ1v) is 9.00. The predicted octanol–water partition coefficient (Wildman–Crippen LogP) is 3.38. The van der Waals surface area contributed by atoms with Crippen LogP contribution >= 0.6 is 0 Å². The van der Waals surface area contributed by atoms with Crippen molar-refractivity contribution in [1.82, 2.24) is 20.4 Å². The van der Waals surface area contributed by atoms with Crippen LogP contribution in [0.25, 0.3) is 0 Å². The van der Waals surface area contributed by atoms with E-state index in [-0.39, 0.29) is 11.7 Å². The molecular weight excluding hydrogens is 336 g/mol. The molecule has 0 aromatic carbocycles. The number of hydrogen-bond donors (Lipinski definition) is 3. The quantitative estimate of drug-likeness (QED) is 0.587. The van der Waals surface area contributed by atoms with E-state index in [4.69, 9.17) is 9.84 Å². The zero-order chi connectivity index (χ0) is 19.4. The van der Waals surface area contributed by atoms with Crippen LogP contribution < -0.4 is 0 Å². The van der Waals surface area contributed by atoms with Gasteiger partial charge in [0.05, 0.1) is 6.61 Å². The molecule has 3 N–H and O–H groups in total. The molecule has 8 heteroatoms. The maximum Gasteiger partial charge on any atom is 0.358 e. The lowest BCUT2D eigenvalue weighted by molar-refractivity contribution is 0.0519. The summed E-state index contributed by atoms with van der Waals surface area (Å²) in [6.07, 6.45) is 6.20. The van der Waals surface area contributed by atoms with Crippen molar-refractivity contribution < 1.29 is 19.4 Å². The number of carbonyl (C=O) groups excluding carboxylic acids is 1. The fraction of sp³-hybridized carbons (Fsp3) is 0.556. The van der Waals surface area contributed by atoms with Gasteiger partial charge in [-0.25, -0.2) is 9.59 Å². The molecule has 8 nitrogen and oxygen atoms in total. The third-order valence-electron chi connectivity index (χ3n) is 3.56. The van der Waals surface area contributed by atoms with Gasteiger partial charge in [0.2, 0.25) is 0 Å². The van der Waals surface area contributed by atoms with E-state index >= 15 is 0 Å². The molecule has 0 aliphatic heterocycles. The highest BCUT2D eigenvalue weighted by atomic mass is 16.5. The molecular formula is C18H28N4O4. The van der Waals surface area contributed by atoms with Crippen molar-refractivity contribution in [2.24, 2.45) is 0 Å². The molecule has 2 rings (SSSR count). The second-order valence-corrected chi connectivity index (χ2v) is 5.79. The average molecular weight is 364 g/mol. The highest BCUT2D eigenvalue weighted by Gasteiger charge is 2.10. The number of ether oxygens (including phenoxy) is 1. The van der Waals surface area contributed by atoms with E-state index in [2.05, 4.69) is 34.2 Å². The Morgan fingerprint density at radius 3 is 1.88 bits per heavy atom. The summed E-state index contributed by atoms with van der Waals surface area (Å²) in [6, 6.07) is 3.34. The number of carbonyl (C=O) groups is 2. The molecule has 2 heterocycles. The first-order chi connectivity index (χ1) is 12.5. The number of aryl methyl sites for hydroxylation is 2. The maximum absolute atomic E-state index is 11.2. The lowest BCUT2D eigenvalue weighted by atomic mass is 10.2. The molecule has 0 saturated heterocycles. The summed E-state index contributed by atoms with van der Waals surface area (Å²) in [5.41, 5.74) is 2.36. The Labute approximate surface area is 153 Å². The number of hydrogen-bond acceptors (Lipinski definition) is 5. The molecule has 26 heavy (non-hydrogen) atoms. The number of aromatic nitrogens is 4. The molecule has 0 spiro atoms. The topological polar surface area (TPSA) is 121 Å². The van der Waals surface area contributed by atoms with Crippen LogP contribution in [0.4, 0.5) is 0 Å². The van der Waals surface area contributed by atoms with Crippen molar-refractivity contribution >= 4 is 11.9 Å².